The molecular formula is C16H21N3O3S2. The second kappa shape index (κ2) is 8.06. The van der Waals surface area contributed by atoms with Crippen molar-refractivity contribution in [2.24, 2.45) is 0 Å². The zero-order valence-electron chi connectivity index (χ0n) is 13.6. The van der Waals surface area contributed by atoms with Crippen LogP contribution in [0.1, 0.15) is 16.6 Å². The van der Waals surface area contributed by atoms with E-state index in [2.05, 4.69) is 21.7 Å². The van der Waals surface area contributed by atoms with Crippen LogP contribution in [0, 0.1) is 6.92 Å². The lowest BCUT2D eigenvalue weighted by Crippen LogP contribution is -2.44. The summed E-state index contributed by atoms with van der Waals surface area (Å²) in [5.74, 6) is -0.131. The average Bonchev–Trinajstić information content (AvgIpc) is 3.22. The second-order valence-electron chi connectivity index (χ2n) is 5.71. The number of aryl methyl sites for hydroxylation is 1. The summed E-state index contributed by atoms with van der Waals surface area (Å²) in [5, 5.41) is 6.82. The van der Waals surface area contributed by atoms with Gasteiger partial charge in [0.25, 0.3) is 0 Å². The first kappa shape index (κ1) is 17.3. The highest BCUT2D eigenvalue weighted by Crippen LogP contribution is 2.25. The summed E-state index contributed by atoms with van der Waals surface area (Å²) in [4.78, 5) is 27.5. The van der Waals surface area contributed by atoms with Crippen molar-refractivity contribution >= 4 is 28.6 Å². The summed E-state index contributed by atoms with van der Waals surface area (Å²) in [5.41, 5.74) is 0.822. The summed E-state index contributed by atoms with van der Waals surface area (Å²) in [6, 6.07) is 4.28. The molecule has 130 valence electrons. The normalized spacial score (nSPS) is 16.9. The van der Waals surface area contributed by atoms with Gasteiger partial charge in [0.15, 0.2) is 0 Å². The predicted molar refractivity (Wildman–Crippen MR) is 95.8 cm³/mol. The molecule has 1 aliphatic heterocycles. The molecular weight excluding hydrogens is 346 g/mol. The van der Waals surface area contributed by atoms with Gasteiger partial charge in [-0.05, 0) is 18.4 Å². The van der Waals surface area contributed by atoms with Gasteiger partial charge in [-0.1, -0.05) is 17.4 Å². The van der Waals surface area contributed by atoms with Crippen molar-refractivity contribution in [3.05, 3.63) is 43.1 Å². The van der Waals surface area contributed by atoms with Crippen LogP contribution in [-0.4, -0.2) is 48.2 Å². The molecule has 6 nitrogen and oxygen atoms in total. The van der Waals surface area contributed by atoms with Crippen molar-refractivity contribution in [2.45, 2.75) is 19.5 Å². The molecule has 1 aliphatic rings. The van der Waals surface area contributed by atoms with Gasteiger partial charge < -0.3 is 10.1 Å². The van der Waals surface area contributed by atoms with Crippen molar-refractivity contribution < 1.29 is 9.53 Å². The van der Waals surface area contributed by atoms with E-state index in [1.165, 1.54) is 9.44 Å². The van der Waals surface area contributed by atoms with E-state index in [-0.39, 0.29) is 23.4 Å². The highest BCUT2D eigenvalue weighted by atomic mass is 32.1. The van der Waals surface area contributed by atoms with E-state index in [1.807, 2.05) is 13.0 Å². The Labute approximate surface area is 148 Å². The zero-order chi connectivity index (χ0) is 16.9. The van der Waals surface area contributed by atoms with Crippen LogP contribution in [0.15, 0.2) is 27.7 Å². The number of aromatic nitrogens is 1. The Morgan fingerprint density at radius 3 is 2.79 bits per heavy atom. The SMILES string of the molecule is Cc1csc(=O)n1CC(=O)NC[C@H](c1cccs1)N1CCOCC1. The molecule has 0 unspecified atom stereocenters. The number of nitrogens with zero attached hydrogens (tertiary/aromatic N) is 2. The van der Waals surface area contributed by atoms with Crippen LogP contribution in [0.4, 0.5) is 0 Å². The average molecular weight is 367 g/mol. The molecule has 0 saturated carbocycles. The number of amides is 1. The van der Waals surface area contributed by atoms with E-state index >= 15 is 0 Å². The van der Waals surface area contributed by atoms with E-state index in [9.17, 15) is 9.59 Å². The Kier molecular flexibility index (Phi) is 5.83. The molecule has 0 aromatic carbocycles. The maximum Gasteiger partial charge on any atom is 0.307 e. The largest absolute Gasteiger partial charge is 0.379 e. The van der Waals surface area contributed by atoms with Crippen molar-refractivity contribution in [1.82, 2.24) is 14.8 Å². The summed E-state index contributed by atoms with van der Waals surface area (Å²) < 4.78 is 6.94. The highest BCUT2D eigenvalue weighted by molar-refractivity contribution is 7.10. The standard InChI is InChI=1S/C16H21N3O3S2/c1-12-11-24-16(21)19(12)10-15(20)17-9-13(14-3-2-8-23-14)18-4-6-22-7-5-18/h2-3,8,11,13H,4-7,9-10H2,1H3,(H,17,20)/t13-/m1/s1. The zero-order valence-corrected chi connectivity index (χ0v) is 15.2. The molecule has 24 heavy (non-hydrogen) atoms. The lowest BCUT2D eigenvalue weighted by molar-refractivity contribution is -0.122. The Morgan fingerprint density at radius 1 is 1.38 bits per heavy atom. The molecule has 1 fully saturated rings. The van der Waals surface area contributed by atoms with Crippen LogP contribution in [0.25, 0.3) is 0 Å². The number of ether oxygens (including phenoxy) is 1. The van der Waals surface area contributed by atoms with Crippen molar-refractivity contribution in [3.8, 4) is 0 Å². The third kappa shape index (κ3) is 4.13. The fourth-order valence-corrected chi connectivity index (χ4v) is 4.38. The van der Waals surface area contributed by atoms with E-state index in [4.69, 9.17) is 4.74 Å². The van der Waals surface area contributed by atoms with E-state index in [1.54, 1.807) is 16.7 Å². The molecule has 0 aliphatic carbocycles. The predicted octanol–water partition coefficient (Wildman–Crippen LogP) is 1.47. The van der Waals surface area contributed by atoms with Crippen LogP contribution in [0.2, 0.25) is 0 Å². The third-order valence-electron chi connectivity index (χ3n) is 4.13. The number of morpholine rings is 1. The number of thiazole rings is 1. The Balaban J connectivity index is 1.63. The smallest absolute Gasteiger partial charge is 0.307 e. The summed E-state index contributed by atoms with van der Waals surface area (Å²) >= 11 is 2.82. The van der Waals surface area contributed by atoms with Gasteiger partial charge >= 0.3 is 4.87 Å². The van der Waals surface area contributed by atoms with Gasteiger partial charge in [0.1, 0.15) is 6.54 Å². The Bertz CT molecular complexity index is 717. The van der Waals surface area contributed by atoms with Gasteiger partial charge in [0.05, 0.1) is 19.3 Å². The molecule has 1 saturated heterocycles. The quantitative estimate of drug-likeness (QED) is 0.840. The molecule has 0 radical (unpaired) electrons. The number of hydrogen-bond donors (Lipinski definition) is 1. The first-order valence-electron chi connectivity index (χ1n) is 7.92. The van der Waals surface area contributed by atoms with Gasteiger partial charge in [-0.3, -0.25) is 19.1 Å². The first-order chi connectivity index (χ1) is 11.6. The second-order valence-corrected chi connectivity index (χ2v) is 7.51. The molecule has 1 atom stereocenters. The van der Waals surface area contributed by atoms with Gasteiger partial charge in [-0.15, -0.1) is 11.3 Å². The lowest BCUT2D eigenvalue weighted by Gasteiger charge is -2.34. The molecule has 3 heterocycles. The summed E-state index contributed by atoms with van der Waals surface area (Å²) in [7, 11) is 0. The number of nitrogens with one attached hydrogen (secondary N) is 1. The molecule has 1 amide bonds. The van der Waals surface area contributed by atoms with Crippen LogP contribution in [0.3, 0.4) is 0 Å². The lowest BCUT2D eigenvalue weighted by atomic mass is 10.2. The molecule has 2 aromatic rings. The Morgan fingerprint density at radius 2 is 2.17 bits per heavy atom. The van der Waals surface area contributed by atoms with Crippen LogP contribution in [0.5, 0.6) is 0 Å². The van der Waals surface area contributed by atoms with Gasteiger partial charge in [-0.2, -0.15) is 0 Å². The van der Waals surface area contributed by atoms with Crippen molar-refractivity contribution in [2.75, 3.05) is 32.8 Å². The highest BCUT2D eigenvalue weighted by Gasteiger charge is 2.24. The number of hydrogen-bond acceptors (Lipinski definition) is 6. The van der Waals surface area contributed by atoms with Crippen LogP contribution < -0.4 is 10.2 Å². The molecule has 2 aromatic heterocycles. The van der Waals surface area contributed by atoms with Crippen molar-refractivity contribution in [3.63, 3.8) is 0 Å². The topological polar surface area (TPSA) is 63.6 Å². The number of carbonyl (C=O) groups is 1. The minimum Gasteiger partial charge on any atom is -0.379 e. The van der Waals surface area contributed by atoms with E-state index in [0.717, 1.165) is 43.3 Å². The van der Waals surface area contributed by atoms with Crippen LogP contribution >= 0.6 is 22.7 Å². The molecule has 1 N–H and O–H groups in total. The number of thiophene rings is 1. The number of rotatable bonds is 6. The fourth-order valence-electron chi connectivity index (χ4n) is 2.79. The van der Waals surface area contributed by atoms with Gasteiger partial charge in [0, 0.05) is 35.6 Å². The van der Waals surface area contributed by atoms with Crippen LogP contribution in [-0.2, 0) is 16.1 Å². The summed E-state index contributed by atoms with van der Waals surface area (Å²) in [6.45, 7) is 5.63. The van der Waals surface area contributed by atoms with E-state index in [0.29, 0.717) is 6.54 Å². The van der Waals surface area contributed by atoms with Gasteiger partial charge in [-0.25, -0.2) is 0 Å². The minimum absolute atomic E-state index is 0.0778. The first-order valence-corrected chi connectivity index (χ1v) is 9.68. The van der Waals surface area contributed by atoms with Gasteiger partial charge in [0.2, 0.25) is 5.91 Å². The third-order valence-corrected chi connectivity index (χ3v) is 5.98. The fraction of sp³-hybridized carbons (Fsp3) is 0.500. The van der Waals surface area contributed by atoms with Crippen molar-refractivity contribution in [1.29, 1.82) is 0 Å². The number of carbonyl (C=O) groups excluding carboxylic acids is 1. The maximum atomic E-state index is 12.3. The summed E-state index contributed by atoms with van der Waals surface area (Å²) in [6.07, 6.45) is 0. The Hall–Kier alpha value is -1.48. The molecule has 0 bridgehead atoms. The molecule has 3 rings (SSSR count). The van der Waals surface area contributed by atoms with E-state index < -0.39 is 0 Å². The molecule has 0 spiro atoms. The minimum atomic E-state index is -0.131. The molecule has 8 heteroatoms. The maximum absolute atomic E-state index is 12.3. The monoisotopic (exact) mass is 367 g/mol.